The van der Waals surface area contributed by atoms with Gasteiger partial charge in [-0.2, -0.15) is 0 Å². The molecule has 1 aliphatic heterocycles. The number of nitrogens with one attached hydrogen (secondary N) is 1. The number of methoxy groups -OCH3 is 1. The largest absolute Gasteiger partial charge is 0.383 e. The van der Waals surface area contributed by atoms with Crippen molar-refractivity contribution in [1.82, 2.24) is 5.32 Å². The van der Waals surface area contributed by atoms with Gasteiger partial charge in [-0.1, -0.05) is 48.2 Å². The van der Waals surface area contributed by atoms with E-state index in [1.54, 1.807) is 36.3 Å². The number of carbonyl (C=O) groups excluding carboxylic acids is 2. The van der Waals surface area contributed by atoms with Gasteiger partial charge in [-0.15, -0.1) is 0 Å². The van der Waals surface area contributed by atoms with Gasteiger partial charge in [0.05, 0.1) is 23.7 Å². The minimum absolute atomic E-state index is 0.121. The van der Waals surface area contributed by atoms with E-state index in [2.05, 4.69) is 5.32 Å². The molecule has 5 nitrogen and oxygen atoms in total. The van der Waals surface area contributed by atoms with Crippen LogP contribution in [-0.2, 0) is 16.1 Å². The van der Waals surface area contributed by atoms with E-state index in [0.717, 1.165) is 21.7 Å². The first kappa shape index (κ1) is 22.8. The van der Waals surface area contributed by atoms with E-state index in [-0.39, 0.29) is 17.6 Å². The number of benzene rings is 3. The van der Waals surface area contributed by atoms with Crippen LogP contribution in [0.2, 0.25) is 0 Å². The predicted molar refractivity (Wildman–Crippen MR) is 129 cm³/mol. The Morgan fingerprint density at radius 2 is 1.79 bits per heavy atom. The van der Waals surface area contributed by atoms with Crippen LogP contribution in [0.5, 0.6) is 0 Å². The lowest BCUT2D eigenvalue weighted by atomic mass is 10.1. The molecule has 4 rings (SSSR count). The van der Waals surface area contributed by atoms with Crippen LogP contribution in [0, 0.1) is 5.82 Å². The maximum Gasteiger partial charge on any atom is 0.265 e. The van der Waals surface area contributed by atoms with E-state index >= 15 is 0 Å². The molecule has 0 unspecified atom stereocenters. The zero-order valence-electron chi connectivity index (χ0n) is 18.1. The average Bonchev–Trinajstić information content (AvgIpc) is 2.83. The number of halogens is 1. The second kappa shape index (κ2) is 10.5. The number of carbonyl (C=O) groups is 2. The Balaban J connectivity index is 1.57. The number of rotatable bonds is 7. The Hall–Kier alpha value is -3.42. The van der Waals surface area contributed by atoms with Crippen molar-refractivity contribution in [3.63, 3.8) is 0 Å². The van der Waals surface area contributed by atoms with Crippen LogP contribution >= 0.6 is 11.8 Å². The van der Waals surface area contributed by atoms with Gasteiger partial charge in [-0.05, 0) is 53.6 Å². The Morgan fingerprint density at radius 3 is 2.52 bits per heavy atom. The van der Waals surface area contributed by atoms with Crippen LogP contribution in [0.25, 0.3) is 6.08 Å². The van der Waals surface area contributed by atoms with Crippen LogP contribution in [0.4, 0.5) is 10.1 Å². The summed E-state index contributed by atoms with van der Waals surface area (Å²) < 4.78 is 18.3. The lowest BCUT2D eigenvalue weighted by molar-refractivity contribution is -0.114. The van der Waals surface area contributed by atoms with Gasteiger partial charge in [0, 0.05) is 24.1 Å². The molecule has 2 amide bonds. The molecule has 0 saturated heterocycles. The Morgan fingerprint density at radius 1 is 1.06 bits per heavy atom. The van der Waals surface area contributed by atoms with Crippen molar-refractivity contribution in [2.45, 2.75) is 11.4 Å². The molecule has 1 aliphatic rings. The number of ether oxygens (including phenoxy) is 1. The first-order valence-electron chi connectivity index (χ1n) is 10.5. The standard InChI is InChI=1S/C26H23FN2O3S/c1-32-15-14-28-25(30)20-10-6-18(7-11-20)16-24-26(31)29(17-19-8-12-21(27)13-9-19)22-4-2-3-5-23(22)33-24/h2-13,16H,14-15,17H2,1H3,(H,28,30). The summed E-state index contributed by atoms with van der Waals surface area (Å²) >= 11 is 1.42. The molecular weight excluding hydrogens is 439 g/mol. The SMILES string of the molecule is COCCNC(=O)c1ccc(C=C2Sc3ccccc3N(Cc3ccc(F)cc3)C2=O)cc1. The minimum atomic E-state index is -0.309. The third kappa shape index (κ3) is 5.50. The van der Waals surface area contributed by atoms with Crippen molar-refractivity contribution < 1.29 is 18.7 Å². The van der Waals surface area contributed by atoms with Crippen LogP contribution < -0.4 is 10.2 Å². The van der Waals surface area contributed by atoms with Crippen LogP contribution in [0.15, 0.2) is 82.6 Å². The highest BCUT2D eigenvalue weighted by Crippen LogP contribution is 2.42. The molecule has 0 fully saturated rings. The first-order chi connectivity index (χ1) is 16.0. The smallest absolute Gasteiger partial charge is 0.265 e. The van der Waals surface area contributed by atoms with E-state index in [0.29, 0.717) is 30.2 Å². The maximum absolute atomic E-state index is 13.4. The van der Waals surface area contributed by atoms with E-state index in [1.807, 2.05) is 42.5 Å². The van der Waals surface area contributed by atoms with E-state index < -0.39 is 0 Å². The summed E-state index contributed by atoms with van der Waals surface area (Å²) in [5.41, 5.74) is 3.03. The number of hydrogen-bond acceptors (Lipinski definition) is 4. The molecule has 1 heterocycles. The van der Waals surface area contributed by atoms with Gasteiger partial charge < -0.3 is 15.0 Å². The average molecular weight is 463 g/mol. The van der Waals surface area contributed by atoms with Gasteiger partial charge in [-0.25, -0.2) is 4.39 Å². The molecule has 0 saturated carbocycles. The van der Waals surface area contributed by atoms with Gasteiger partial charge in [0.15, 0.2) is 0 Å². The summed E-state index contributed by atoms with van der Waals surface area (Å²) in [4.78, 5) is 28.8. The molecule has 0 aromatic heterocycles. The number of para-hydroxylation sites is 1. The summed E-state index contributed by atoms with van der Waals surface area (Å²) in [5.74, 6) is -0.603. The highest BCUT2D eigenvalue weighted by Gasteiger charge is 2.29. The quantitative estimate of drug-likeness (QED) is 0.402. The van der Waals surface area contributed by atoms with Gasteiger partial charge in [-0.3, -0.25) is 9.59 Å². The molecule has 0 spiro atoms. The van der Waals surface area contributed by atoms with E-state index in [9.17, 15) is 14.0 Å². The normalized spacial score (nSPS) is 14.3. The van der Waals surface area contributed by atoms with Crippen molar-refractivity contribution >= 4 is 35.3 Å². The van der Waals surface area contributed by atoms with Crippen LogP contribution in [-0.4, -0.2) is 32.1 Å². The summed E-state index contributed by atoms with van der Waals surface area (Å²) in [6, 6.07) is 21.0. The Kier molecular flexibility index (Phi) is 7.22. The fourth-order valence-corrected chi connectivity index (χ4v) is 4.50. The highest BCUT2D eigenvalue weighted by molar-refractivity contribution is 8.04. The molecule has 3 aromatic rings. The van der Waals surface area contributed by atoms with Crippen molar-refractivity contribution in [2.75, 3.05) is 25.2 Å². The molecule has 1 N–H and O–H groups in total. The minimum Gasteiger partial charge on any atom is -0.383 e. The Bertz CT molecular complexity index is 1180. The summed E-state index contributed by atoms with van der Waals surface area (Å²) in [7, 11) is 1.58. The second-order valence-corrected chi connectivity index (χ2v) is 8.55. The number of amides is 2. The zero-order valence-corrected chi connectivity index (χ0v) is 18.9. The number of hydrogen-bond donors (Lipinski definition) is 1. The number of nitrogens with zero attached hydrogens (tertiary/aromatic N) is 1. The van der Waals surface area contributed by atoms with E-state index in [4.69, 9.17) is 4.74 Å². The van der Waals surface area contributed by atoms with Crippen molar-refractivity contribution in [1.29, 1.82) is 0 Å². The number of thioether (sulfide) groups is 1. The van der Waals surface area contributed by atoms with Crippen molar-refractivity contribution in [2.24, 2.45) is 0 Å². The Labute approximate surface area is 196 Å². The lowest BCUT2D eigenvalue weighted by Crippen LogP contribution is -2.33. The van der Waals surface area contributed by atoms with Crippen molar-refractivity contribution in [3.8, 4) is 0 Å². The molecule has 7 heteroatoms. The van der Waals surface area contributed by atoms with Gasteiger partial charge >= 0.3 is 0 Å². The van der Waals surface area contributed by atoms with Gasteiger partial charge in [0.25, 0.3) is 11.8 Å². The molecule has 168 valence electrons. The van der Waals surface area contributed by atoms with E-state index in [1.165, 1.54) is 23.9 Å². The molecule has 0 aliphatic carbocycles. The molecule has 0 radical (unpaired) electrons. The van der Waals surface area contributed by atoms with Gasteiger partial charge in [0.1, 0.15) is 5.82 Å². The molecular formula is C26H23FN2O3S. The first-order valence-corrected chi connectivity index (χ1v) is 11.3. The molecule has 33 heavy (non-hydrogen) atoms. The molecule has 3 aromatic carbocycles. The topological polar surface area (TPSA) is 58.6 Å². The second-order valence-electron chi connectivity index (χ2n) is 7.47. The fraction of sp³-hybridized carbons (Fsp3) is 0.154. The third-order valence-electron chi connectivity index (χ3n) is 5.15. The molecule has 0 bridgehead atoms. The van der Waals surface area contributed by atoms with Crippen molar-refractivity contribution in [3.05, 3.63) is 100 Å². The van der Waals surface area contributed by atoms with Gasteiger partial charge in [0.2, 0.25) is 0 Å². The van der Waals surface area contributed by atoms with Crippen LogP contribution in [0.1, 0.15) is 21.5 Å². The third-order valence-corrected chi connectivity index (χ3v) is 6.23. The lowest BCUT2D eigenvalue weighted by Gasteiger charge is -2.30. The number of anilines is 1. The predicted octanol–water partition coefficient (Wildman–Crippen LogP) is 4.88. The highest BCUT2D eigenvalue weighted by atomic mass is 32.2. The van der Waals surface area contributed by atoms with Crippen LogP contribution in [0.3, 0.4) is 0 Å². The zero-order chi connectivity index (χ0) is 23.2. The summed E-state index contributed by atoms with van der Waals surface area (Å²) in [6.07, 6.45) is 1.83. The number of fused-ring (bicyclic) bond motifs is 1. The fourth-order valence-electron chi connectivity index (χ4n) is 3.44. The summed E-state index contributed by atoms with van der Waals surface area (Å²) in [5, 5.41) is 2.78. The maximum atomic E-state index is 13.4. The summed E-state index contributed by atoms with van der Waals surface area (Å²) in [6.45, 7) is 1.23. The monoisotopic (exact) mass is 462 g/mol. The molecule has 0 atom stereocenters.